The van der Waals surface area contributed by atoms with Gasteiger partial charge in [0.25, 0.3) is 5.91 Å². The van der Waals surface area contributed by atoms with Crippen molar-refractivity contribution in [3.8, 4) is 11.1 Å². The summed E-state index contributed by atoms with van der Waals surface area (Å²) in [4.78, 5) is 30.2. The van der Waals surface area contributed by atoms with E-state index >= 15 is 0 Å². The van der Waals surface area contributed by atoms with E-state index in [2.05, 4.69) is 49.7 Å². The lowest BCUT2D eigenvalue weighted by atomic mass is 10.0. The number of rotatable bonds is 8. The molecule has 1 saturated carbocycles. The van der Waals surface area contributed by atoms with Gasteiger partial charge in [-0.2, -0.15) is 5.10 Å². The standard InChI is InChI=1S/C31H34N6O2/c1-2-36-14-16-37(17-15-36)20-21-6-11-26(12-7-21)32-31(39)25-5-3-4-23(18-25)24-10-13-27-28(19-24)34-35-29(27)33-30(38)22-8-9-22/h3-7,10-13,18-19,22H,2,8-9,14-17,20H2,1H3,(H,32,39)(H2,33,34,35,38). The Kier molecular flexibility index (Phi) is 7.13. The zero-order valence-corrected chi connectivity index (χ0v) is 22.2. The zero-order chi connectivity index (χ0) is 26.8. The Hall–Kier alpha value is -4.01. The SMILES string of the molecule is CCN1CCN(Cc2ccc(NC(=O)c3cccc(-c4ccc5c(NC(=O)C6CC6)n[nH]c5c4)c3)cc2)CC1. The van der Waals surface area contributed by atoms with Crippen LogP contribution in [0.1, 0.15) is 35.7 Å². The number of likely N-dealkylation sites (N-methyl/N-ethyl adjacent to an activating group) is 1. The van der Waals surface area contributed by atoms with E-state index in [0.717, 1.165) is 79.8 Å². The Morgan fingerprint density at radius 3 is 2.38 bits per heavy atom. The van der Waals surface area contributed by atoms with Gasteiger partial charge in [0, 0.05) is 55.3 Å². The molecule has 4 aromatic rings. The zero-order valence-electron chi connectivity index (χ0n) is 22.2. The average Bonchev–Trinajstić information content (AvgIpc) is 3.76. The highest BCUT2D eigenvalue weighted by Gasteiger charge is 2.30. The fraction of sp³-hybridized carbons (Fsp3) is 0.323. The van der Waals surface area contributed by atoms with Crippen molar-refractivity contribution in [3.63, 3.8) is 0 Å². The number of H-pyrrole nitrogens is 1. The number of amides is 2. The Morgan fingerprint density at radius 1 is 0.897 bits per heavy atom. The van der Waals surface area contributed by atoms with Crippen molar-refractivity contribution in [3.05, 3.63) is 77.9 Å². The molecule has 2 amide bonds. The Bertz CT molecular complexity index is 1480. The molecule has 1 saturated heterocycles. The van der Waals surface area contributed by atoms with Gasteiger partial charge in [0.1, 0.15) is 0 Å². The topological polar surface area (TPSA) is 93.4 Å². The first-order valence-corrected chi connectivity index (χ1v) is 13.8. The second-order valence-electron chi connectivity index (χ2n) is 10.5. The highest BCUT2D eigenvalue weighted by Crippen LogP contribution is 2.32. The minimum Gasteiger partial charge on any atom is -0.322 e. The molecule has 2 heterocycles. The molecule has 0 radical (unpaired) electrons. The highest BCUT2D eigenvalue weighted by molar-refractivity contribution is 6.05. The van der Waals surface area contributed by atoms with E-state index in [0.29, 0.717) is 11.4 Å². The van der Waals surface area contributed by atoms with Crippen molar-refractivity contribution in [2.24, 2.45) is 5.92 Å². The van der Waals surface area contributed by atoms with Crippen molar-refractivity contribution < 1.29 is 9.59 Å². The van der Waals surface area contributed by atoms with Crippen molar-refractivity contribution in [1.29, 1.82) is 0 Å². The maximum Gasteiger partial charge on any atom is 0.255 e. The molecule has 3 N–H and O–H groups in total. The minimum absolute atomic E-state index is 0.0336. The van der Waals surface area contributed by atoms with Crippen molar-refractivity contribution in [2.75, 3.05) is 43.4 Å². The van der Waals surface area contributed by atoms with E-state index in [4.69, 9.17) is 0 Å². The van der Waals surface area contributed by atoms with Crippen molar-refractivity contribution in [1.82, 2.24) is 20.0 Å². The summed E-state index contributed by atoms with van der Waals surface area (Å²) >= 11 is 0. The van der Waals surface area contributed by atoms with Crippen LogP contribution in [0.2, 0.25) is 0 Å². The van der Waals surface area contributed by atoms with Crippen LogP contribution in [0.5, 0.6) is 0 Å². The third-order valence-electron chi connectivity index (χ3n) is 7.74. The molecule has 2 aliphatic rings. The second-order valence-corrected chi connectivity index (χ2v) is 10.5. The molecule has 0 bridgehead atoms. The van der Waals surface area contributed by atoms with Gasteiger partial charge in [-0.1, -0.05) is 37.3 Å². The number of hydrogen-bond donors (Lipinski definition) is 3. The van der Waals surface area contributed by atoms with Crippen LogP contribution in [-0.2, 0) is 11.3 Å². The van der Waals surface area contributed by atoms with Crippen LogP contribution in [0.25, 0.3) is 22.0 Å². The van der Waals surface area contributed by atoms with E-state index < -0.39 is 0 Å². The molecule has 0 spiro atoms. The predicted octanol–water partition coefficient (Wildman–Crippen LogP) is 4.97. The summed E-state index contributed by atoms with van der Waals surface area (Å²) in [6.07, 6.45) is 1.90. The number of anilines is 2. The number of piperazine rings is 1. The maximum atomic E-state index is 13.1. The molecule has 1 aliphatic heterocycles. The number of aromatic nitrogens is 2. The van der Waals surface area contributed by atoms with Crippen molar-refractivity contribution in [2.45, 2.75) is 26.3 Å². The van der Waals surface area contributed by atoms with Crippen LogP contribution in [0.15, 0.2) is 66.7 Å². The molecule has 0 atom stereocenters. The number of nitrogens with zero attached hydrogens (tertiary/aromatic N) is 3. The van der Waals surface area contributed by atoms with Gasteiger partial charge >= 0.3 is 0 Å². The highest BCUT2D eigenvalue weighted by atomic mass is 16.2. The summed E-state index contributed by atoms with van der Waals surface area (Å²) in [5.41, 5.74) is 5.36. The summed E-state index contributed by atoms with van der Waals surface area (Å²) in [5.74, 6) is 0.570. The normalized spacial score (nSPS) is 16.3. The molecule has 200 valence electrons. The molecule has 0 unspecified atom stereocenters. The molecule has 39 heavy (non-hydrogen) atoms. The Morgan fingerprint density at radius 2 is 1.64 bits per heavy atom. The van der Waals surface area contributed by atoms with E-state index in [9.17, 15) is 9.59 Å². The molecule has 8 nitrogen and oxygen atoms in total. The first-order valence-electron chi connectivity index (χ1n) is 13.8. The average molecular weight is 523 g/mol. The first kappa shape index (κ1) is 25.3. The molecule has 8 heteroatoms. The lowest BCUT2D eigenvalue weighted by Crippen LogP contribution is -2.45. The maximum absolute atomic E-state index is 13.1. The third kappa shape index (κ3) is 5.87. The van der Waals surface area contributed by atoms with Crippen LogP contribution in [0.4, 0.5) is 11.5 Å². The first-order chi connectivity index (χ1) is 19.1. The van der Waals surface area contributed by atoms with Crippen LogP contribution in [0.3, 0.4) is 0 Å². The van der Waals surface area contributed by atoms with E-state index in [1.165, 1.54) is 5.56 Å². The largest absolute Gasteiger partial charge is 0.322 e. The number of fused-ring (bicyclic) bond motifs is 1. The van der Waals surface area contributed by atoms with Crippen LogP contribution in [-0.4, -0.2) is 64.5 Å². The molecule has 2 fully saturated rings. The van der Waals surface area contributed by atoms with Crippen LogP contribution >= 0.6 is 0 Å². The third-order valence-corrected chi connectivity index (χ3v) is 7.74. The lowest BCUT2D eigenvalue weighted by molar-refractivity contribution is -0.117. The van der Waals surface area contributed by atoms with Crippen LogP contribution in [0, 0.1) is 5.92 Å². The van der Waals surface area contributed by atoms with Gasteiger partial charge < -0.3 is 15.5 Å². The molecular formula is C31H34N6O2. The predicted molar refractivity (Wildman–Crippen MR) is 155 cm³/mol. The van der Waals surface area contributed by atoms with Gasteiger partial charge in [-0.25, -0.2) is 0 Å². The van der Waals surface area contributed by atoms with E-state index in [1.807, 2.05) is 54.6 Å². The Balaban J connectivity index is 1.10. The van der Waals surface area contributed by atoms with Gasteiger partial charge in [-0.3, -0.25) is 19.6 Å². The number of carbonyl (C=O) groups is 2. The monoisotopic (exact) mass is 522 g/mol. The number of benzene rings is 3. The summed E-state index contributed by atoms with van der Waals surface area (Å²) in [5, 5.41) is 14.1. The number of aromatic amines is 1. The molecule has 3 aromatic carbocycles. The van der Waals surface area contributed by atoms with Gasteiger partial charge in [0.2, 0.25) is 5.91 Å². The molecular weight excluding hydrogens is 488 g/mol. The smallest absolute Gasteiger partial charge is 0.255 e. The second kappa shape index (κ2) is 11.0. The van der Waals surface area contributed by atoms with Gasteiger partial charge in [0.15, 0.2) is 5.82 Å². The molecule has 6 rings (SSSR count). The molecule has 1 aromatic heterocycles. The summed E-state index contributed by atoms with van der Waals surface area (Å²) in [7, 11) is 0. The van der Waals surface area contributed by atoms with Crippen LogP contribution < -0.4 is 10.6 Å². The summed E-state index contributed by atoms with van der Waals surface area (Å²) in [6, 6.07) is 21.7. The number of nitrogens with one attached hydrogen (secondary N) is 3. The Labute approximate surface area is 228 Å². The summed E-state index contributed by atoms with van der Waals surface area (Å²) < 4.78 is 0. The van der Waals surface area contributed by atoms with Gasteiger partial charge in [0.05, 0.1) is 5.52 Å². The van der Waals surface area contributed by atoms with Gasteiger partial charge in [-0.15, -0.1) is 0 Å². The van der Waals surface area contributed by atoms with Crippen molar-refractivity contribution >= 4 is 34.2 Å². The molecule has 1 aliphatic carbocycles. The van der Waals surface area contributed by atoms with Gasteiger partial charge in [-0.05, 0) is 72.5 Å². The lowest BCUT2D eigenvalue weighted by Gasteiger charge is -2.34. The fourth-order valence-corrected chi connectivity index (χ4v) is 5.12. The summed E-state index contributed by atoms with van der Waals surface area (Å²) in [6.45, 7) is 8.70. The van der Waals surface area contributed by atoms with E-state index in [-0.39, 0.29) is 17.7 Å². The quantitative estimate of drug-likeness (QED) is 0.304. The fourth-order valence-electron chi connectivity index (χ4n) is 5.12. The van der Waals surface area contributed by atoms with E-state index in [1.54, 1.807) is 0 Å². The minimum atomic E-state index is -0.145. The number of carbonyl (C=O) groups excluding carboxylic acids is 2. The number of hydrogen-bond acceptors (Lipinski definition) is 5.